The highest BCUT2D eigenvalue weighted by atomic mass is 16.5. The maximum absolute atomic E-state index is 12.9. The van der Waals surface area contributed by atoms with Crippen molar-refractivity contribution in [1.29, 1.82) is 0 Å². The minimum absolute atomic E-state index is 0.148. The van der Waals surface area contributed by atoms with Crippen molar-refractivity contribution >= 4 is 85.7 Å². The lowest BCUT2D eigenvalue weighted by Gasteiger charge is -2.14. The van der Waals surface area contributed by atoms with Crippen LogP contribution in [0.1, 0.15) is 241 Å². The van der Waals surface area contributed by atoms with E-state index in [9.17, 15) is 58.5 Å². The zero-order valence-corrected chi connectivity index (χ0v) is 61.5. The Balaban J connectivity index is 0.789. The molecule has 0 saturated carbocycles. The number of benzene rings is 4. The average molecular weight is 1450 g/mol. The molecule has 3 aromatic heterocycles. The molecule has 0 aliphatic rings. The Morgan fingerprint density at radius 2 is 0.514 bits per heavy atom. The number of carbonyl (C=O) groups excluding carboxylic acids is 6. The lowest BCUT2D eigenvalue weighted by atomic mass is 10.1. The SMILES string of the molecule is Cc1c(C(=O)C(N)=O)c2c(OCC(=O)O)cccc2n1CCCCCCCCCCCCOc1cc(OCCCCCCCCCCCCn2c(C)c(C(=O)C(N)=O)c3c(OCC(=O)O)cccc32)cc(OCCCCCCCCCCCCn2c(C)c(C(=O)C(N)=O)c3c(OCC(=O)O)cccc32)c1. The average Bonchev–Trinajstić information content (AvgIpc) is 1.62. The molecule has 24 heteroatoms. The van der Waals surface area contributed by atoms with Crippen molar-refractivity contribution in [2.75, 3.05) is 39.6 Å². The first kappa shape index (κ1) is 82.4. The molecule has 0 fully saturated rings. The number of fused-ring (bicyclic) bond motifs is 3. The summed E-state index contributed by atoms with van der Waals surface area (Å²) in [4.78, 5) is 109. The molecule has 3 heterocycles. The van der Waals surface area contributed by atoms with Gasteiger partial charge in [-0.2, -0.15) is 0 Å². The summed E-state index contributed by atoms with van der Waals surface area (Å²) >= 11 is 0. The summed E-state index contributed by atoms with van der Waals surface area (Å²) < 4.78 is 41.5. The molecule has 7 aromatic rings. The summed E-state index contributed by atoms with van der Waals surface area (Å²) in [5.74, 6) is -6.37. The molecule has 9 N–H and O–H groups in total. The van der Waals surface area contributed by atoms with E-state index in [1.54, 1.807) is 57.2 Å². The number of amides is 3. The van der Waals surface area contributed by atoms with Gasteiger partial charge in [0.25, 0.3) is 35.1 Å². The number of nitrogens with zero attached hydrogens (tertiary/aromatic N) is 3. The minimum atomic E-state index is -1.16. The molecule has 0 bridgehead atoms. The summed E-state index contributed by atoms with van der Waals surface area (Å²) in [5, 5.41) is 28.8. The molecule has 0 unspecified atom stereocenters. The van der Waals surface area contributed by atoms with Crippen LogP contribution in [0.15, 0.2) is 72.8 Å². The van der Waals surface area contributed by atoms with Crippen LogP contribution in [0.25, 0.3) is 32.7 Å². The van der Waals surface area contributed by atoms with Gasteiger partial charge in [0, 0.05) is 54.9 Å². The van der Waals surface area contributed by atoms with Gasteiger partial charge >= 0.3 is 17.9 Å². The van der Waals surface area contributed by atoms with Gasteiger partial charge in [0.2, 0.25) is 0 Å². The Labute approximate surface area is 614 Å². The van der Waals surface area contributed by atoms with Crippen LogP contribution >= 0.6 is 0 Å². The van der Waals surface area contributed by atoms with Crippen LogP contribution in [-0.4, -0.2) is 122 Å². The van der Waals surface area contributed by atoms with Gasteiger partial charge < -0.3 is 74.6 Å². The predicted molar refractivity (Wildman–Crippen MR) is 401 cm³/mol. The Kier molecular flexibility index (Phi) is 34.1. The molecule has 0 aliphatic carbocycles. The number of carboxylic acid groups (broad SMARTS) is 3. The van der Waals surface area contributed by atoms with Crippen molar-refractivity contribution in [2.45, 2.75) is 233 Å². The highest BCUT2D eigenvalue weighted by Gasteiger charge is 2.30. The molecule has 0 radical (unpaired) electrons. The number of hydrogen-bond donors (Lipinski definition) is 6. The molecular weight excluding hydrogens is 1340 g/mol. The minimum Gasteiger partial charge on any atom is -0.493 e. The maximum Gasteiger partial charge on any atom is 0.341 e. The fourth-order valence-electron chi connectivity index (χ4n) is 14.0. The zero-order chi connectivity index (χ0) is 75.6. The summed E-state index contributed by atoms with van der Waals surface area (Å²) in [6.07, 6.45) is 31.8. The number of hydrogen-bond acceptors (Lipinski definition) is 15. The van der Waals surface area contributed by atoms with E-state index in [1.165, 1.54) is 0 Å². The van der Waals surface area contributed by atoms with E-state index in [0.29, 0.717) is 89.2 Å². The molecule has 0 saturated heterocycles. The maximum atomic E-state index is 12.9. The van der Waals surface area contributed by atoms with Crippen molar-refractivity contribution in [2.24, 2.45) is 17.2 Å². The third-order valence-electron chi connectivity index (χ3n) is 19.3. The highest BCUT2D eigenvalue weighted by molar-refractivity contribution is 6.46. The molecule has 4 aromatic carbocycles. The third-order valence-corrected chi connectivity index (χ3v) is 19.3. The quantitative estimate of drug-likeness (QED) is 0.0117. The number of carbonyl (C=O) groups is 9. The number of aromatic nitrogens is 3. The Hall–Kier alpha value is -9.87. The van der Waals surface area contributed by atoms with E-state index in [-0.39, 0.29) is 33.9 Å². The van der Waals surface area contributed by atoms with E-state index >= 15 is 0 Å². The third kappa shape index (κ3) is 24.9. The molecule has 0 aliphatic heterocycles. The first-order valence-electron chi connectivity index (χ1n) is 37.6. The van der Waals surface area contributed by atoms with E-state index in [1.807, 2.05) is 50.1 Å². The van der Waals surface area contributed by atoms with E-state index in [0.717, 1.165) is 210 Å². The van der Waals surface area contributed by atoms with Gasteiger partial charge in [-0.25, -0.2) is 14.4 Å². The summed E-state index contributed by atoms with van der Waals surface area (Å²) in [6.45, 7) is 7.18. The number of rotatable bonds is 57. The van der Waals surface area contributed by atoms with E-state index in [2.05, 4.69) is 0 Å². The number of aliphatic carboxylic acids is 3. The van der Waals surface area contributed by atoms with Gasteiger partial charge in [0.15, 0.2) is 19.8 Å². The first-order valence-corrected chi connectivity index (χ1v) is 37.6. The standard InChI is InChI=1S/C81H108N6O18/c1-55-70(76(94)79(82)97)73-61(37-34-40-64(73)103-52-67(88)89)85(55)43-28-22-16-10-4-7-13-19-25-31-46-100-58-49-59(101-47-32-26-20-14-8-5-11-17-23-29-44-86-56(2)71(77(95)80(83)98)74-62(86)38-35-41-65(74)104-53-68(90)91)51-60(50-58)102-48-33-27-21-15-9-6-12-18-24-30-45-87-57(3)72(78(96)81(84)99)75-63(87)39-36-42-66(75)105-54-69(92)93/h34-42,49-51H,4-33,43-48,52-54H2,1-3H3,(H2,82,97)(H2,83,98)(H2,84,99)(H,88,89)(H,90,91)(H,92,93). The monoisotopic (exact) mass is 1450 g/mol. The van der Waals surface area contributed by atoms with Crippen LogP contribution in [0.5, 0.6) is 34.5 Å². The van der Waals surface area contributed by atoms with Crippen LogP contribution in [0.3, 0.4) is 0 Å². The summed E-state index contributed by atoms with van der Waals surface area (Å²) in [5.41, 5.74) is 20.6. The zero-order valence-electron chi connectivity index (χ0n) is 61.5. The van der Waals surface area contributed by atoms with Crippen LogP contribution < -0.4 is 45.6 Å². The van der Waals surface area contributed by atoms with Crippen molar-refractivity contribution in [1.82, 2.24) is 13.7 Å². The fourth-order valence-corrected chi connectivity index (χ4v) is 14.0. The van der Waals surface area contributed by atoms with Gasteiger partial charge in [-0.1, -0.05) is 172 Å². The number of ether oxygens (including phenoxy) is 6. The molecule has 105 heavy (non-hydrogen) atoms. The Morgan fingerprint density at radius 1 is 0.305 bits per heavy atom. The second-order valence-electron chi connectivity index (χ2n) is 27.2. The number of Topliss-reactive ketones (excluding diaryl/α,β-unsaturated/α-hetero) is 3. The van der Waals surface area contributed by atoms with Crippen LogP contribution in [0.4, 0.5) is 0 Å². The highest BCUT2D eigenvalue weighted by Crippen LogP contribution is 2.38. The molecule has 24 nitrogen and oxygen atoms in total. The number of unbranched alkanes of at least 4 members (excludes halogenated alkanes) is 27. The van der Waals surface area contributed by atoms with Gasteiger partial charge in [0.1, 0.15) is 34.5 Å². The second-order valence-corrected chi connectivity index (χ2v) is 27.2. The van der Waals surface area contributed by atoms with E-state index < -0.39 is 72.8 Å². The molecule has 570 valence electrons. The normalized spacial score (nSPS) is 11.3. The van der Waals surface area contributed by atoms with Crippen molar-refractivity contribution < 1.29 is 86.9 Å². The molecule has 0 atom stereocenters. The van der Waals surface area contributed by atoms with Crippen molar-refractivity contribution in [3.8, 4) is 34.5 Å². The lowest BCUT2D eigenvalue weighted by Crippen LogP contribution is -2.24. The number of aryl methyl sites for hydroxylation is 3. The second kappa shape index (κ2) is 43.4. The van der Waals surface area contributed by atoms with Crippen molar-refractivity contribution in [3.63, 3.8) is 0 Å². The first-order chi connectivity index (χ1) is 50.7. The molecular formula is C81H108N6O18. The smallest absolute Gasteiger partial charge is 0.341 e. The number of carboxylic acids is 3. The molecule has 3 amide bonds. The summed E-state index contributed by atoms with van der Waals surface area (Å²) in [7, 11) is 0. The number of primary amides is 3. The van der Waals surface area contributed by atoms with Crippen LogP contribution in [0, 0.1) is 20.8 Å². The number of ketones is 3. The topological polar surface area (TPSA) is 363 Å². The van der Waals surface area contributed by atoms with Crippen molar-refractivity contribution in [3.05, 3.63) is 107 Å². The Bertz CT molecular complexity index is 3670. The molecule has 7 rings (SSSR count). The van der Waals surface area contributed by atoms with Gasteiger partial charge in [-0.3, -0.25) is 28.8 Å². The van der Waals surface area contributed by atoms with Gasteiger partial charge in [-0.05, 0) is 95.7 Å². The van der Waals surface area contributed by atoms with Crippen LogP contribution in [0.2, 0.25) is 0 Å². The molecule has 0 spiro atoms. The van der Waals surface area contributed by atoms with Gasteiger partial charge in [-0.15, -0.1) is 0 Å². The van der Waals surface area contributed by atoms with Crippen LogP contribution in [-0.2, 0) is 48.4 Å². The summed E-state index contributed by atoms with van der Waals surface area (Å²) in [6, 6.07) is 21.4. The van der Waals surface area contributed by atoms with E-state index in [4.69, 9.17) is 45.6 Å². The lowest BCUT2D eigenvalue weighted by molar-refractivity contribution is -0.140. The van der Waals surface area contributed by atoms with Gasteiger partial charge in [0.05, 0.1) is 69.2 Å². The Morgan fingerprint density at radius 3 is 0.724 bits per heavy atom. The fraction of sp³-hybridized carbons (Fsp3) is 0.519. The number of nitrogens with two attached hydrogens (primary N) is 3. The predicted octanol–water partition coefficient (Wildman–Crippen LogP) is 14.8. The largest absolute Gasteiger partial charge is 0.493 e.